The third kappa shape index (κ3) is 2.71. The SMILES string of the molecule is Cn1cccc1C(=O)N1CC[C@]2(CC(=O)N(c3ccc(F)cc3)C2)C1. The number of aryl methyl sites for hydroxylation is 1. The van der Waals surface area contributed by atoms with Gasteiger partial charge in [-0.25, -0.2) is 4.39 Å². The van der Waals surface area contributed by atoms with Gasteiger partial charge in [0.2, 0.25) is 5.91 Å². The second kappa shape index (κ2) is 5.72. The Morgan fingerprint density at radius 3 is 2.60 bits per heavy atom. The molecular weight excluding hydrogens is 321 g/mol. The molecule has 2 aliphatic rings. The van der Waals surface area contributed by atoms with E-state index in [2.05, 4.69) is 0 Å². The number of anilines is 1. The van der Waals surface area contributed by atoms with E-state index in [0.29, 0.717) is 31.7 Å². The molecule has 25 heavy (non-hydrogen) atoms. The fourth-order valence-corrected chi connectivity index (χ4v) is 3.98. The first kappa shape index (κ1) is 15.9. The molecule has 0 unspecified atom stereocenters. The van der Waals surface area contributed by atoms with Gasteiger partial charge < -0.3 is 14.4 Å². The van der Waals surface area contributed by atoms with Crippen molar-refractivity contribution >= 4 is 17.5 Å². The van der Waals surface area contributed by atoms with Gasteiger partial charge in [-0.1, -0.05) is 0 Å². The summed E-state index contributed by atoms with van der Waals surface area (Å²) in [5, 5.41) is 0. The summed E-state index contributed by atoms with van der Waals surface area (Å²) < 4.78 is 14.9. The van der Waals surface area contributed by atoms with Crippen molar-refractivity contribution < 1.29 is 14.0 Å². The number of aromatic nitrogens is 1. The van der Waals surface area contributed by atoms with Crippen LogP contribution < -0.4 is 4.90 Å². The van der Waals surface area contributed by atoms with Gasteiger partial charge in [0.25, 0.3) is 5.91 Å². The van der Waals surface area contributed by atoms with E-state index in [1.807, 2.05) is 34.8 Å². The van der Waals surface area contributed by atoms with Crippen LogP contribution in [0.15, 0.2) is 42.6 Å². The van der Waals surface area contributed by atoms with Crippen LogP contribution in [0.1, 0.15) is 23.3 Å². The maximum atomic E-state index is 13.1. The van der Waals surface area contributed by atoms with Crippen molar-refractivity contribution in [3.8, 4) is 0 Å². The third-order valence-electron chi connectivity index (χ3n) is 5.35. The molecular formula is C19H20FN3O2. The van der Waals surface area contributed by atoms with E-state index >= 15 is 0 Å². The topological polar surface area (TPSA) is 45.6 Å². The molecule has 2 saturated heterocycles. The number of nitrogens with zero attached hydrogens (tertiary/aromatic N) is 3. The van der Waals surface area contributed by atoms with Crippen LogP contribution in [-0.4, -0.2) is 40.9 Å². The molecule has 1 aromatic carbocycles. The van der Waals surface area contributed by atoms with Crippen molar-refractivity contribution in [2.45, 2.75) is 12.8 Å². The van der Waals surface area contributed by atoms with Gasteiger partial charge in [0, 0.05) is 50.4 Å². The number of carbonyl (C=O) groups excluding carboxylic acids is 2. The number of benzene rings is 1. The highest BCUT2D eigenvalue weighted by molar-refractivity contribution is 5.97. The minimum Gasteiger partial charge on any atom is -0.347 e. The standard InChI is InChI=1S/C19H20FN3O2/c1-21-9-2-3-16(21)18(25)22-10-8-19(12-22)11-17(24)23(13-19)15-6-4-14(20)5-7-15/h2-7,9H,8,10-13H2,1H3/t19-/m0/s1. The molecule has 2 fully saturated rings. The minimum atomic E-state index is -0.315. The van der Waals surface area contributed by atoms with E-state index < -0.39 is 0 Å². The predicted molar refractivity (Wildman–Crippen MR) is 91.7 cm³/mol. The zero-order valence-electron chi connectivity index (χ0n) is 14.1. The second-order valence-electron chi connectivity index (χ2n) is 7.11. The molecule has 1 spiro atoms. The summed E-state index contributed by atoms with van der Waals surface area (Å²) in [7, 11) is 1.86. The quantitative estimate of drug-likeness (QED) is 0.842. The molecule has 5 nitrogen and oxygen atoms in total. The van der Waals surface area contributed by atoms with E-state index in [9.17, 15) is 14.0 Å². The molecule has 2 amide bonds. The number of hydrogen-bond donors (Lipinski definition) is 0. The molecule has 0 N–H and O–H groups in total. The second-order valence-corrected chi connectivity index (χ2v) is 7.11. The highest BCUT2D eigenvalue weighted by atomic mass is 19.1. The average molecular weight is 341 g/mol. The van der Waals surface area contributed by atoms with Crippen LogP contribution in [0.3, 0.4) is 0 Å². The molecule has 2 aliphatic heterocycles. The Balaban J connectivity index is 1.51. The summed E-state index contributed by atoms with van der Waals surface area (Å²) in [5.74, 6) is -0.262. The Labute approximate surface area is 145 Å². The zero-order chi connectivity index (χ0) is 17.6. The number of likely N-dealkylation sites (tertiary alicyclic amines) is 1. The van der Waals surface area contributed by atoms with Crippen molar-refractivity contribution in [1.29, 1.82) is 0 Å². The van der Waals surface area contributed by atoms with Crippen molar-refractivity contribution in [2.24, 2.45) is 12.5 Å². The monoisotopic (exact) mass is 341 g/mol. The first-order valence-electron chi connectivity index (χ1n) is 8.44. The average Bonchev–Trinajstić information content (AvgIpc) is 3.28. The summed E-state index contributed by atoms with van der Waals surface area (Å²) >= 11 is 0. The summed E-state index contributed by atoms with van der Waals surface area (Å²) in [6.45, 7) is 1.82. The molecule has 1 aromatic heterocycles. The van der Waals surface area contributed by atoms with Gasteiger partial charge in [0.1, 0.15) is 11.5 Å². The lowest BCUT2D eigenvalue weighted by Crippen LogP contribution is -2.34. The minimum absolute atomic E-state index is 0.0112. The molecule has 3 heterocycles. The van der Waals surface area contributed by atoms with Gasteiger partial charge in [-0.3, -0.25) is 9.59 Å². The van der Waals surface area contributed by atoms with Crippen LogP contribution in [0.2, 0.25) is 0 Å². The van der Waals surface area contributed by atoms with Gasteiger partial charge in [0.05, 0.1) is 0 Å². The van der Waals surface area contributed by atoms with Gasteiger partial charge >= 0.3 is 0 Å². The molecule has 0 saturated carbocycles. The van der Waals surface area contributed by atoms with Crippen molar-refractivity contribution in [3.05, 3.63) is 54.1 Å². The van der Waals surface area contributed by atoms with Crippen LogP contribution in [0, 0.1) is 11.2 Å². The van der Waals surface area contributed by atoms with Crippen LogP contribution >= 0.6 is 0 Å². The lowest BCUT2D eigenvalue weighted by molar-refractivity contribution is -0.117. The number of carbonyl (C=O) groups is 2. The van der Waals surface area contributed by atoms with Gasteiger partial charge in [-0.05, 0) is 42.8 Å². The number of hydrogen-bond acceptors (Lipinski definition) is 2. The molecule has 0 bridgehead atoms. The molecule has 130 valence electrons. The van der Waals surface area contributed by atoms with Crippen LogP contribution in [0.25, 0.3) is 0 Å². The van der Waals surface area contributed by atoms with Crippen LogP contribution in [-0.2, 0) is 11.8 Å². The Morgan fingerprint density at radius 1 is 1.16 bits per heavy atom. The lowest BCUT2D eigenvalue weighted by atomic mass is 9.86. The van der Waals surface area contributed by atoms with Gasteiger partial charge in [-0.2, -0.15) is 0 Å². The Kier molecular flexibility index (Phi) is 3.63. The van der Waals surface area contributed by atoms with Crippen molar-refractivity contribution in [1.82, 2.24) is 9.47 Å². The molecule has 0 radical (unpaired) electrons. The smallest absolute Gasteiger partial charge is 0.270 e. The van der Waals surface area contributed by atoms with E-state index in [1.54, 1.807) is 17.0 Å². The fourth-order valence-electron chi connectivity index (χ4n) is 3.98. The summed E-state index contributed by atoms with van der Waals surface area (Å²) in [5.41, 5.74) is 1.18. The molecule has 4 rings (SSSR count). The molecule has 1 atom stereocenters. The summed E-state index contributed by atoms with van der Waals surface area (Å²) in [6, 6.07) is 9.68. The van der Waals surface area contributed by atoms with Gasteiger partial charge in [0.15, 0.2) is 0 Å². The predicted octanol–water partition coefficient (Wildman–Crippen LogP) is 2.43. The lowest BCUT2D eigenvalue weighted by Gasteiger charge is -2.24. The summed E-state index contributed by atoms with van der Waals surface area (Å²) in [4.78, 5) is 28.8. The van der Waals surface area contributed by atoms with Crippen LogP contribution in [0.5, 0.6) is 0 Å². The highest BCUT2D eigenvalue weighted by Crippen LogP contribution is 2.42. The maximum Gasteiger partial charge on any atom is 0.270 e. The van der Waals surface area contributed by atoms with E-state index in [4.69, 9.17) is 0 Å². The normalized spacial score (nSPS) is 23.0. The molecule has 0 aliphatic carbocycles. The Hall–Kier alpha value is -2.63. The Bertz CT molecular complexity index is 829. The van der Waals surface area contributed by atoms with Gasteiger partial charge in [-0.15, -0.1) is 0 Å². The maximum absolute atomic E-state index is 13.1. The van der Waals surface area contributed by atoms with Crippen molar-refractivity contribution in [2.75, 3.05) is 24.5 Å². The van der Waals surface area contributed by atoms with Crippen LogP contribution in [0.4, 0.5) is 10.1 Å². The molecule has 6 heteroatoms. The highest BCUT2D eigenvalue weighted by Gasteiger charge is 2.49. The van der Waals surface area contributed by atoms with E-state index in [0.717, 1.165) is 12.1 Å². The number of amides is 2. The third-order valence-corrected chi connectivity index (χ3v) is 5.35. The fraction of sp³-hybridized carbons (Fsp3) is 0.368. The summed E-state index contributed by atoms with van der Waals surface area (Å²) in [6.07, 6.45) is 3.10. The Morgan fingerprint density at radius 2 is 1.92 bits per heavy atom. The first-order valence-corrected chi connectivity index (χ1v) is 8.44. The largest absolute Gasteiger partial charge is 0.347 e. The number of rotatable bonds is 2. The number of halogens is 1. The van der Waals surface area contributed by atoms with E-state index in [-0.39, 0.29) is 23.0 Å². The first-order chi connectivity index (χ1) is 12.0. The van der Waals surface area contributed by atoms with Crippen molar-refractivity contribution in [3.63, 3.8) is 0 Å². The van der Waals surface area contributed by atoms with E-state index in [1.165, 1.54) is 12.1 Å². The molecule has 2 aromatic rings. The zero-order valence-corrected chi connectivity index (χ0v) is 14.1.